The van der Waals surface area contributed by atoms with Crippen LogP contribution in [-0.4, -0.2) is 32.4 Å². The highest BCUT2D eigenvalue weighted by atomic mass is 32.1. The minimum atomic E-state index is 0.389. The van der Waals surface area contributed by atoms with E-state index in [-0.39, 0.29) is 0 Å². The third kappa shape index (κ3) is 3.75. The van der Waals surface area contributed by atoms with Gasteiger partial charge in [0.25, 0.3) is 0 Å². The van der Waals surface area contributed by atoms with Gasteiger partial charge in [-0.05, 0) is 68.7 Å². The molecule has 28 heavy (non-hydrogen) atoms. The molecule has 0 aliphatic carbocycles. The number of likely N-dealkylation sites (tertiary alicyclic amines) is 1. The Morgan fingerprint density at radius 2 is 1.86 bits per heavy atom. The van der Waals surface area contributed by atoms with Crippen LogP contribution in [0.1, 0.15) is 37.2 Å². The maximum absolute atomic E-state index is 5.75. The molecule has 0 bridgehead atoms. The zero-order valence-corrected chi connectivity index (χ0v) is 17.2. The topological polar surface area (TPSA) is 35.2 Å². The highest BCUT2D eigenvalue weighted by Crippen LogP contribution is 2.33. The van der Waals surface area contributed by atoms with E-state index >= 15 is 0 Å². The van der Waals surface area contributed by atoms with Gasteiger partial charge in [-0.25, -0.2) is 4.68 Å². The predicted molar refractivity (Wildman–Crippen MR) is 113 cm³/mol. The maximum Gasteiger partial charge on any atom is 0.203 e. The van der Waals surface area contributed by atoms with Gasteiger partial charge in [0.05, 0.1) is 13.3 Å². The van der Waals surface area contributed by atoms with E-state index in [2.05, 4.69) is 41.3 Å². The minimum absolute atomic E-state index is 0.389. The van der Waals surface area contributed by atoms with Crippen molar-refractivity contribution < 1.29 is 4.74 Å². The van der Waals surface area contributed by atoms with Crippen molar-refractivity contribution in [3.63, 3.8) is 0 Å². The molecule has 1 saturated heterocycles. The number of benzene rings is 2. The van der Waals surface area contributed by atoms with E-state index in [0.717, 1.165) is 35.0 Å². The number of aromatic nitrogens is 3. The van der Waals surface area contributed by atoms with Crippen molar-refractivity contribution in [3.05, 3.63) is 70.8 Å². The second-order valence-electron chi connectivity index (χ2n) is 7.11. The van der Waals surface area contributed by atoms with Crippen molar-refractivity contribution in [3.8, 4) is 11.4 Å². The first-order chi connectivity index (χ1) is 13.7. The Morgan fingerprint density at radius 3 is 2.57 bits per heavy atom. The summed E-state index contributed by atoms with van der Waals surface area (Å²) in [6.07, 6.45) is 2.34. The zero-order valence-electron chi connectivity index (χ0n) is 16.4. The van der Waals surface area contributed by atoms with Crippen LogP contribution in [0.5, 0.6) is 5.75 Å². The second-order valence-corrected chi connectivity index (χ2v) is 7.48. The lowest BCUT2D eigenvalue weighted by atomic mass is 10.0. The number of ether oxygens (including phenoxy) is 1. The summed E-state index contributed by atoms with van der Waals surface area (Å²) in [5.41, 5.74) is 2.38. The summed E-state index contributed by atoms with van der Waals surface area (Å²) in [5, 5.41) is 4.73. The van der Waals surface area contributed by atoms with Crippen LogP contribution >= 0.6 is 12.2 Å². The lowest BCUT2D eigenvalue weighted by Crippen LogP contribution is -2.27. The summed E-state index contributed by atoms with van der Waals surface area (Å²) in [7, 11) is 0. The molecule has 1 aliphatic heterocycles. The quantitative estimate of drug-likeness (QED) is 0.557. The van der Waals surface area contributed by atoms with E-state index in [1.54, 1.807) is 0 Å². The Bertz CT molecular complexity index is 978. The number of rotatable bonds is 6. The minimum Gasteiger partial charge on any atom is -0.494 e. The molecule has 0 radical (unpaired) electrons. The number of hydrogen-bond acceptors (Lipinski definition) is 4. The first-order valence-electron chi connectivity index (χ1n) is 9.86. The van der Waals surface area contributed by atoms with Crippen LogP contribution in [0, 0.1) is 11.7 Å². The van der Waals surface area contributed by atoms with Gasteiger partial charge in [0.1, 0.15) is 11.6 Å². The smallest absolute Gasteiger partial charge is 0.203 e. The second kappa shape index (κ2) is 8.29. The van der Waals surface area contributed by atoms with Gasteiger partial charge in [-0.2, -0.15) is 5.10 Å². The van der Waals surface area contributed by atoms with Gasteiger partial charge in [0.2, 0.25) is 4.77 Å². The Kier molecular flexibility index (Phi) is 5.59. The van der Waals surface area contributed by atoms with Gasteiger partial charge in [-0.3, -0.25) is 9.47 Å². The SMILES string of the molecule is CCOc1ccc(C2CCCN2Cn2nc(C)n(-c3ccccc3)c2=S)cc1. The molecule has 1 aliphatic rings. The molecule has 146 valence electrons. The summed E-state index contributed by atoms with van der Waals surface area (Å²) >= 11 is 5.75. The third-order valence-electron chi connectivity index (χ3n) is 5.27. The van der Waals surface area contributed by atoms with E-state index in [9.17, 15) is 0 Å². The van der Waals surface area contributed by atoms with Crippen LogP contribution in [0.2, 0.25) is 0 Å². The summed E-state index contributed by atoms with van der Waals surface area (Å²) in [6.45, 7) is 6.46. The summed E-state index contributed by atoms with van der Waals surface area (Å²) < 4.78 is 10.3. The molecule has 2 aromatic carbocycles. The normalized spacial score (nSPS) is 17.1. The van der Waals surface area contributed by atoms with Crippen LogP contribution < -0.4 is 4.74 Å². The lowest BCUT2D eigenvalue weighted by molar-refractivity contribution is 0.189. The molecular weight excluding hydrogens is 368 g/mol. The first-order valence-corrected chi connectivity index (χ1v) is 10.3. The van der Waals surface area contributed by atoms with Crippen molar-refractivity contribution in [2.45, 2.75) is 39.4 Å². The molecule has 3 aromatic rings. The molecule has 0 saturated carbocycles. The molecule has 1 unspecified atom stereocenters. The highest BCUT2D eigenvalue weighted by molar-refractivity contribution is 7.71. The fourth-order valence-electron chi connectivity index (χ4n) is 3.98. The highest BCUT2D eigenvalue weighted by Gasteiger charge is 2.27. The average Bonchev–Trinajstić information content (AvgIpc) is 3.28. The third-order valence-corrected chi connectivity index (χ3v) is 5.66. The predicted octanol–water partition coefficient (Wildman–Crippen LogP) is 4.91. The largest absolute Gasteiger partial charge is 0.494 e. The molecule has 1 atom stereocenters. The molecule has 1 aromatic heterocycles. The molecule has 1 fully saturated rings. The molecule has 2 heterocycles. The molecular formula is C22H26N4OS. The standard InChI is InChI=1S/C22H26N4OS/c1-3-27-20-13-11-18(12-14-20)21-10-7-15-24(21)16-25-22(28)26(17(2)23-25)19-8-5-4-6-9-19/h4-6,8-9,11-14,21H,3,7,10,15-16H2,1-2H3. The molecule has 6 heteroatoms. The van der Waals surface area contributed by atoms with Crippen molar-refractivity contribution >= 4 is 12.2 Å². The fraction of sp³-hybridized carbons (Fsp3) is 0.364. The lowest BCUT2D eigenvalue weighted by Gasteiger charge is -2.24. The van der Waals surface area contributed by atoms with E-state index < -0.39 is 0 Å². The van der Waals surface area contributed by atoms with Crippen molar-refractivity contribution in [2.24, 2.45) is 0 Å². The number of para-hydroxylation sites is 1. The first kappa shape index (κ1) is 18.9. The summed E-state index contributed by atoms with van der Waals surface area (Å²) in [4.78, 5) is 2.47. The van der Waals surface area contributed by atoms with Gasteiger partial charge in [0.15, 0.2) is 0 Å². The van der Waals surface area contributed by atoms with E-state index in [4.69, 9.17) is 22.1 Å². The van der Waals surface area contributed by atoms with E-state index in [1.807, 2.05) is 41.3 Å². The van der Waals surface area contributed by atoms with Crippen LogP contribution in [0.25, 0.3) is 5.69 Å². The average molecular weight is 395 g/mol. The number of nitrogens with zero attached hydrogens (tertiary/aromatic N) is 4. The molecule has 0 N–H and O–H groups in total. The van der Waals surface area contributed by atoms with Gasteiger partial charge in [-0.15, -0.1) is 0 Å². The molecule has 5 nitrogen and oxygen atoms in total. The van der Waals surface area contributed by atoms with E-state index in [1.165, 1.54) is 12.0 Å². The summed E-state index contributed by atoms with van der Waals surface area (Å²) in [6, 6.07) is 19.1. The van der Waals surface area contributed by atoms with Gasteiger partial charge >= 0.3 is 0 Å². The Morgan fingerprint density at radius 1 is 1.11 bits per heavy atom. The Balaban J connectivity index is 1.56. The van der Waals surface area contributed by atoms with Crippen molar-refractivity contribution in [1.29, 1.82) is 0 Å². The fourth-order valence-corrected chi connectivity index (χ4v) is 4.32. The van der Waals surface area contributed by atoms with Crippen molar-refractivity contribution in [1.82, 2.24) is 19.2 Å². The van der Waals surface area contributed by atoms with E-state index in [0.29, 0.717) is 19.3 Å². The van der Waals surface area contributed by atoms with Crippen LogP contribution in [0.3, 0.4) is 0 Å². The van der Waals surface area contributed by atoms with Gasteiger partial charge in [0, 0.05) is 18.3 Å². The zero-order chi connectivity index (χ0) is 19.5. The monoisotopic (exact) mass is 394 g/mol. The molecule has 4 rings (SSSR count). The van der Waals surface area contributed by atoms with Gasteiger partial charge in [-0.1, -0.05) is 30.3 Å². The number of aryl methyl sites for hydroxylation is 1. The molecule has 0 amide bonds. The van der Waals surface area contributed by atoms with Crippen molar-refractivity contribution in [2.75, 3.05) is 13.2 Å². The Labute approximate surface area is 171 Å². The maximum atomic E-state index is 5.75. The van der Waals surface area contributed by atoms with Gasteiger partial charge < -0.3 is 4.74 Å². The van der Waals surface area contributed by atoms with Crippen LogP contribution in [0.4, 0.5) is 0 Å². The molecule has 0 spiro atoms. The van der Waals surface area contributed by atoms with Crippen LogP contribution in [0.15, 0.2) is 54.6 Å². The number of hydrogen-bond donors (Lipinski definition) is 0. The Hall–Kier alpha value is -2.44. The summed E-state index contributed by atoms with van der Waals surface area (Å²) in [5.74, 6) is 1.84. The van der Waals surface area contributed by atoms with Crippen LogP contribution in [-0.2, 0) is 6.67 Å².